The molecule has 156 valence electrons. The van der Waals surface area contributed by atoms with Gasteiger partial charge in [-0.15, -0.1) is 0 Å². The van der Waals surface area contributed by atoms with Gasteiger partial charge in [-0.3, -0.25) is 9.78 Å². The zero-order valence-corrected chi connectivity index (χ0v) is 17.9. The monoisotopic (exact) mass is 423 g/mol. The van der Waals surface area contributed by atoms with Gasteiger partial charge in [-0.1, -0.05) is 50.2 Å². The number of hydrogen-bond donors (Lipinski definition) is 1. The third-order valence-corrected chi connectivity index (χ3v) is 7.47. The smallest absolute Gasteiger partial charge is 0.245 e. The minimum Gasteiger partial charge on any atom is -0.324 e. The Hall–Kier alpha value is -2.77. The van der Waals surface area contributed by atoms with Crippen LogP contribution < -0.4 is 5.32 Å². The Kier molecular flexibility index (Phi) is 5.58. The van der Waals surface area contributed by atoms with Gasteiger partial charge in [0.1, 0.15) is 10.9 Å². The summed E-state index contributed by atoms with van der Waals surface area (Å²) in [5, 5.41) is 3.72. The molecule has 0 aliphatic carbocycles. The van der Waals surface area contributed by atoms with Gasteiger partial charge in [0.25, 0.3) is 0 Å². The Morgan fingerprint density at radius 1 is 1.10 bits per heavy atom. The molecule has 1 amide bonds. The highest BCUT2D eigenvalue weighted by Crippen LogP contribution is 2.31. The van der Waals surface area contributed by atoms with Crippen molar-refractivity contribution in [3.05, 3.63) is 66.4 Å². The van der Waals surface area contributed by atoms with Crippen LogP contribution in [0.15, 0.2) is 65.7 Å². The van der Waals surface area contributed by atoms with Crippen LogP contribution in [-0.2, 0) is 14.8 Å². The molecule has 0 unspecified atom stereocenters. The minimum atomic E-state index is -3.87. The van der Waals surface area contributed by atoms with Crippen molar-refractivity contribution in [1.29, 1.82) is 0 Å². The molecule has 1 aliphatic rings. The van der Waals surface area contributed by atoms with Gasteiger partial charge in [0.15, 0.2) is 0 Å². The van der Waals surface area contributed by atoms with Gasteiger partial charge in [-0.25, -0.2) is 8.42 Å². The molecule has 0 spiro atoms. The first-order chi connectivity index (χ1) is 14.4. The van der Waals surface area contributed by atoms with E-state index in [4.69, 9.17) is 0 Å². The highest BCUT2D eigenvalue weighted by Gasteiger charge is 2.40. The zero-order valence-electron chi connectivity index (χ0n) is 17.1. The third kappa shape index (κ3) is 3.70. The van der Waals surface area contributed by atoms with Crippen LogP contribution in [0.3, 0.4) is 0 Å². The molecule has 1 fully saturated rings. The second kappa shape index (κ2) is 8.16. The summed E-state index contributed by atoms with van der Waals surface area (Å²) in [5.41, 5.74) is 2.18. The number of nitrogens with zero attached hydrogens (tertiary/aromatic N) is 2. The van der Waals surface area contributed by atoms with Crippen molar-refractivity contribution in [2.24, 2.45) is 0 Å². The SMILES string of the molecule is CC(C)c1ccccc1NC(=O)[C@@H]1CCCN1S(=O)(=O)c1cccc2cccnc12. The highest BCUT2D eigenvalue weighted by molar-refractivity contribution is 7.89. The second-order valence-corrected chi connectivity index (χ2v) is 9.70. The fraction of sp³-hybridized carbons (Fsp3) is 0.304. The van der Waals surface area contributed by atoms with Crippen LogP contribution in [0.1, 0.15) is 38.2 Å². The maximum absolute atomic E-state index is 13.5. The maximum atomic E-state index is 13.5. The maximum Gasteiger partial charge on any atom is 0.245 e. The Balaban J connectivity index is 1.66. The lowest BCUT2D eigenvalue weighted by Gasteiger charge is -2.24. The van der Waals surface area contributed by atoms with Crippen molar-refractivity contribution in [3.8, 4) is 0 Å². The lowest BCUT2D eigenvalue weighted by atomic mass is 10.0. The standard InChI is InChI=1S/C23H25N3O3S/c1-16(2)18-10-3-4-11-19(18)25-23(27)20-12-7-15-26(20)30(28,29)21-13-5-8-17-9-6-14-24-22(17)21/h3-6,8-11,13-14,16,20H,7,12,15H2,1-2H3,(H,25,27)/t20-/m0/s1. The van der Waals surface area contributed by atoms with Crippen molar-refractivity contribution in [1.82, 2.24) is 9.29 Å². The molecule has 1 aromatic heterocycles. The summed E-state index contributed by atoms with van der Waals surface area (Å²) >= 11 is 0. The molecule has 6 nitrogen and oxygen atoms in total. The number of aromatic nitrogens is 1. The van der Waals surface area contributed by atoms with Crippen LogP contribution in [0.4, 0.5) is 5.69 Å². The number of rotatable bonds is 5. The first-order valence-electron chi connectivity index (χ1n) is 10.1. The molecule has 1 aliphatic heterocycles. The lowest BCUT2D eigenvalue weighted by molar-refractivity contribution is -0.119. The van der Waals surface area contributed by atoms with Crippen LogP contribution >= 0.6 is 0 Å². The molecule has 1 N–H and O–H groups in total. The largest absolute Gasteiger partial charge is 0.324 e. The van der Waals surface area contributed by atoms with Gasteiger partial charge in [0.05, 0.1) is 5.52 Å². The molecule has 0 radical (unpaired) electrons. The Morgan fingerprint density at radius 3 is 2.67 bits per heavy atom. The Labute approximate surface area is 177 Å². The Bertz CT molecular complexity index is 1190. The average molecular weight is 424 g/mol. The van der Waals surface area contributed by atoms with E-state index in [9.17, 15) is 13.2 Å². The third-order valence-electron chi connectivity index (χ3n) is 5.53. The number of sulfonamides is 1. The topological polar surface area (TPSA) is 79.4 Å². The molecule has 2 heterocycles. The Morgan fingerprint density at radius 2 is 1.87 bits per heavy atom. The van der Waals surface area contributed by atoms with E-state index in [-0.39, 0.29) is 16.7 Å². The van der Waals surface area contributed by atoms with Gasteiger partial charge in [0, 0.05) is 23.8 Å². The molecule has 2 aromatic carbocycles. The molecular formula is C23H25N3O3S. The zero-order chi connectivity index (χ0) is 21.3. The summed E-state index contributed by atoms with van der Waals surface area (Å²) < 4.78 is 28.3. The predicted octanol–water partition coefficient (Wildman–Crippen LogP) is 4.15. The number of para-hydroxylation sites is 2. The van der Waals surface area contributed by atoms with E-state index in [1.807, 2.05) is 36.4 Å². The molecule has 7 heteroatoms. The number of hydrogen-bond acceptors (Lipinski definition) is 4. The number of carbonyl (C=O) groups is 1. The quantitative estimate of drug-likeness (QED) is 0.669. The molecule has 0 saturated carbocycles. The van der Waals surface area contributed by atoms with Crippen LogP contribution in [0.25, 0.3) is 10.9 Å². The molecule has 30 heavy (non-hydrogen) atoms. The van der Waals surface area contributed by atoms with E-state index in [1.165, 1.54) is 4.31 Å². The molecule has 3 aromatic rings. The summed E-state index contributed by atoms with van der Waals surface area (Å²) in [7, 11) is -3.87. The molecule has 4 rings (SSSR count). The van der Waals surface area contributed by atoms with Crippen molar-refractivity contribution in [2.45, 2.75) is 43.5 Å². The number of carbonyl (C=O) groups excluding carboxylic acids is 1. The van der Waals surface area contributed by atoms with Crippen LogP contribution in [0.2, 0.25) is 0 Å². The first kappa shape index (κ1) is 20.5. The van der Waals surface area contributed by atoms with Gasteiger partial charge in [0.2, 0.25) is 15.9 Å². The van der Waals surface area contributed by atoms with Gasteiger partial charge >= 0.3 is 0 Å². The van der Waals surface area contributed by atoms with Crippen LogP contribution in [-0.4, -0.2) is 36.2 Å². The molecule has 1 saturated heterocycles. The van der Waals surface area contributed by atoms with E-state index in [1.54, 1.807) is 24.4 Å². The fourth-order valence-corrected chi connectivity index (χ4v) is 5.85. The normalized spacial score (nSPS) is 17.5. The van der Waals surface area contributed by atoms with Crippen LogP contribution in [0, 0.1) is 0 Å². The molecule has 0 bridgehead atoms. The van der Waals surface area contributed by atoms with Crippen molar-refractivity contribution >= 4 is 32.5 Å². The summed E-state index contributed by atoms with van der Waals surface area (Å²) in [6.07, 6.45) is 2.72. The average Bonchev–Trinajstić information content (AvgIpc) is 3.24. The van der Waals surface area contributed by atoms with Gasteiger partial charge < -0.3 is 5.32 Å². The number of amides is 1. The number of nitrogens with one attached hydrogen (secondary N) is 1. The lowest BCUT2D eigenvalue weighted by Crippen LogP contribution is -2.43. The molecule has 1 atom stereocenters. The van der Waals surface area contributed by atoms with E-state index < -0.39 is 16.1 Å². The van der Waals surface area contributed by atoms with E-state index >= 15 is 0 Å². The second-order valence-electron chi connectivity index (χ2n) is 7.84. The van der Waals surface area contributed by atoms with Crippen LogP contribution in [0.5, 0.6) is 0 Å². The van der Waals surface area contributed by atoms with Crippen molar-refractivity contribution in [2.75, 3.05) is 11.9 Å². The highest BCUT2D eigenvalue weighted by atomic mass is 32.2. The van der Waals surface area contributed by atoms with Crippen molar-refractivity contribution in [3.63, 3.8) is 0 Å². The summed E-state index contributed by atoms with van der Waals surface area (Å²) in [4.78, 5) is 17.5. The minimum absolute atomic E-state index is 0.142. The van der Waals surface area contributed by atoms with Crippen molar-refractivity contribution < 1.29 is 13.2 Å². The number of pyridine rings is 1. The number of fused-ring (bicyclic) bond motifs is 1. The number of anilines is 1. The molecular weight excluding hydrogens is 398 g/mol. The number of benzene rings is 2. The van der Waals surface area contributed by atoms with E-state index in [0.717, 1.165) is 16.6 Å². The summed E-state index contributed by atoms with van der Waals surface area (Å²) in [6, 6.07) is 15.6. The first-order valence-corrected chi connectivity index (χ1v) is 11.6. The van der Waals surface area contributed by atoms with E-state index in [0.29, 0.717) is 24.9 Å². The summed E-state index contributed by atoms with van der Waals surface area (Å²) in [5.74, 6) is -0.0518. The summed E-state index contributed by atoms with van der Waals surface area (Å²) in [6.45, 7) is 4.44. The van der Waals surface area contributed by atoms with E-state index in [2.05, 4.69) is 24.1 Å². The van der Waals surface area contributed by atoms with Gasteiger partial charge in [-0.2, -0.15) is 4.31 Å². The van der Waals surface area contributed by atoms with Gasteiger partial charge in [-0.05, 0) is 42.5 Å². The predicted molar refractivity (Wildman–Crippen MR) is 118 cm³/mol. The fourth-order valence-electron chi connectivity index (χ4n) is 4.03.